The lowest BCUT2D eigenvalue weighted by molar-refractivity contribution is 0.209. The molecular formula is C29H36N6O2. The number of aryl methyl sites for hydroxylation is 1. The zero-order valence-corrected chi connectivity index (χ0v) is 21.8. The lowest BCUT2D eigenvalue weighted by Gasteiger charge is -2.38. The van der Waals surface area contributed by atoms with E-state index in [1.54, 1.807) is 6.20 Å². The molecule has 1 saturated heterocycles. The van der Waals surface area contributed by atoms with Gasteiger partial charge in [-0.25, -0.2) is 4.98 Å². The molecular weight excluding hydrogens is 464 g/mol. The number of aromatic amines is 2. The largest absolute Gasteiger partial charge is 0.394 e. The van der Waals surface area contributed by atoms with E-state index in [1.165, 1.54) is 5.69 Å². The highest BCUT2D eigenvalue weighted by Crippen LogP contribution is 2.30. The van der Waals surface area contributed by atoms with Crippen molar-refractivity contribution in [2.24, 2.45) is 0 Å². The van der Waals surface area contributed by atoms with Crippen LogP contribution in [0.25, 0.3) is 22.4 Å². The van der Waals surface area contributed by atoms with Gasteiger partial charge in [-0.2, -0.15) is 0 Å². The van der Waals surface area contributed by atoms with E-state index < -0.39 is 0 Å². The van der Waals surface area contributed by atoms with Crippen molar-refractivity contribution in [3.05, 3.63) is 76.2 Å². The van der Waals surface area contributed by atoms with Gasteiger partial charge in [0.2, 0.25) is 0 Å². The molecule has 1 fully saturated rings. The van der Waals surface area contributed by atoms with Crippen LogP contribution < -0.4 is 15.8 Å². The van der Waals surface area contributed by atoms with Crippen LogP contribution >= 0.6 is 0 Å². The Bertz CT molecular complexity index is 1400. The van der Waals surface area contributed by atoms with Gasteiger partial charge in [-0.05, 0) is 56.5 Å². The Balaban J connectivity index is 1.44. The summed E-state index contributed by atoms with van der Waals surface area (Å²) in [5.41, 5.74) is 5.97. The van der Waals surface area contributed by atoms with Crippen molar-refractivity contribution in [2.75, 3.05) is 43.0 Å². The molecule has 3 heterocycles. The van der Waals surface area contributed by atoms with Gasteiger partial charge in [0.15, 0.2) is 0 Å². The summed E-state index contributed by atoms with van der Waals surface area (Å²) in [5.74, 6) is 0.514. The highest BCUT2D eigenvalue weighted by Gasteiger charge is 2.22. The van der Waals surface area contributed by atoms with Crippen LogP contribution in [0.5, 0.6) is 0 Å². The Labute approximate surface area is 217 Å². The minimum Gasteiger partial charge on any atom is -0.394 e. The molecule has 37 heavy (non-hydrogen) atoms. The van der Waals surface area contributed by atoms with Gasteiger partial charge in [0.05, 0.1) is 29.4 Å². The first kappa shape index (κ1) is 25.0. The summed E-state index contributed by atoms with van der Waals surface area (Å²) in [4.78, 5) is 29.0. The molecule has 0 radical (unpaired) electrons. The Morgan fingerprint density at radius 1 is 1.08 bits per heavy atom. The van der Waals surface area contributed by atoms with Gasteiger partial charge < -0.3 is 25.3 Å². The van der Waals surface area contributed by atoms with Crippen molar-refractivity contribution in [1.82, 2.24) is 19.9 Å². The molecule has 194 valence electrons. The quantitative estimate of drug-likeness (QED) is 0.294. The zero-order chi connectivity index (χ0) is 25.9. The number of H-pyrrole nitrogens is 2. The summed E-state index contributed by atoms with van der Waals surface area (Å²) < 4.78 is 0. The SMILES string of the molecule is Cc1cc(N2CCN(C(C)C)CC2)cc2[nH]c(-c3c(NC(CO)Cc4ccccc4)cc[nH]c3=O)nc12. The number of anilines is 2. The average molecular weight is 501 g/mol. The van der Waals surface area contributed by atoms with Crippen LogP contribution in [0.3, 0.4) is 0 Å². The Morgan fingerprint density at radius 3 is 2.54 bits per heavy atom. The van der Waals surface area contributed by atoms with Crippen LogP contribution in [0, 0.1) is 6.92 Å². The van der Waals surface area contributed by atoms with E-state index in [4.69, 9.17) is 4.98 Å². The minimum absolute atomic E-state index is 0.0617. The normalized spacial score (nSPS) is 15.4. The second-order valence-corrected chi connectivity index (χ2v) is 10.2. The molecule has 0 bridgehead atoms. The Hall–Kier alpha value is -3.62. The fourth-order valence-corrected chi connectivity index (χ4v) is 5.18. The first-order chi connectivity index (χ1) is 17.9. The minimum atomic E-state index is -0.245. The molecule has 2 aromatic carbocycles. The average Bonchev–Trinajstić information content (AvgIpc) is 3.33. The van der Waals surface area contributed by atoms with Gasteiger partial charge in [-0.1, -0.05) is 30.3 Å². The number of fused-ring (bicyclic) bond motifs is 1. The van der Waals surface area contributed by atoms with Crippen LogP contribution in [0.4, 0.5) is 11.4 Å². The van der Waals surface area contributed by atoms with E-state index in [9.17, 15) is 9.90 Å². The van der Waals surface area contributed by atoms with Crippen molar-refractivity contribution in [1.29, 1.82) is 0 Å². The van der Waals surface area contributed by atoms with Gasteiger partial charge in [0.25, 0.3) is 5.56 Å². The first-order valence-corrected chi connectivity index (χ1v) is 13.1. The summed E-state index contributed by atoms with van der Waals surface area (Å²) in [7, 11) is 0. The van der Waals surface area contributed by atoms with Crippen LogP contribution in [-0.4, -0.2) is 69.8 Å². The number of nitrogens with one attached hydrogen (secondary N) is 3. The molecule has 4 aromatic rings. The number of pyridine rings is 1. The standard InChI is InChI=1S/C29H36N6O2/c1-19(2)34-11-13-35(14-12-34)23-15-20(3)27-25(17-23)32-28(33-27)26-24(9-10-30-29(26)37)31-22(18-36)16-21-7-5-4-6-8-21/h4-10,15,17,19,22,36H,11-14,16,18H2,1-3H3,(H,32,33)(H2,30,31,37). The van der Waals surface area contributed by atoms with Crippen LogP contribution in [0.15, 0.2) is 59.5 Å². The predicted molar refractivity (Wildman–Crippen MR) is 150 cm³/mol. The molecule has 0 saturated carbocycles. The summed E-state index contributed by atoms with van der Waals surface area (Å²) in [6, 6.07) is 16.5. The number of hydrogen-bond acceptors (Lipinski definition) is 6. The maximum absolute atomic E-state index is 13.0. The summed E-state index contributed by atoms with van der Waals surface area (Å²) >= 11 is 0. The number of benzene rings is 2. The van der Waals surface area contributed by atoms with Crippen molar-refractivity contribution in [3.63, 3.8) is 0 Å². The third kappa shape index (κ3) is 5.40. The van der Waals surface area contributed by atoms with Gasteiger partial charge in [-0.3, -0.25) is 9.69 Å². The predicted octanol–water partition coefficient (Wildman–Crippen LogP) is 3.77. The molecule has 0 amide bonds. The summed E-state index contributed by atoms with van der Waals surface area (Å²) in [6.45, 7) is 10.6. The van der Waals surface area contributed by atoms with E-state index in [1.807, 2.05) is 36.4 Å². The monoisotopic (exact) mass is 500 g/mol. The third-order valence-corrected chi connectivity index (χ3v) is 7.27. The maximum atomic E-state index is 13.0. The van der Waals surface area contributed by atoms with Gasteiger partial charge in [0.1, 0.15) is 11.4 Å². The topological polar surface area (TPSA) is 100 Å². The van der Waals surface area contributed by atoms with E-state index in [0.29, 0.717) is 29.5 Å². The van der Waals surface area contributed by atoms with E-state index in [-0.39, 0.29) is 18.2 Å². The molecule has 4 N–H and O–H groups in total. The Morgan fingerprint density at radius 2 is 1.84 bits per heavy atom. The smallest absolute Gasteiger partial charge is 0.261 e. The molecule has 1 atom stereocenters. The third-order valence-electron chi connectivity index (χ3n) is 7.27. The highest BCUT2D eigenvalue weighted by atomic mass is 16.3. The molecule has 2 aromatic heterocycles. The molecule has 1 aliphatic rings. The molecule has 8 heteroatoms. The molecule has 1 unspecified atom stereocenters. The second kappa shape index (κ2) is 10.8. The first-order valence-electron chi connectivity index (χ1n) is 13.1. The van der Waals surface area contributed by atoms with Crippen LogP contribution in [0.1, 0.15) is 25.0 Å². The van der Waals surface area contributed by atoms with Crippen LogP contribution in [-0.2, 0) is 6.42 Å². The number of imidazole rings is 1. The number of aromatic nitrogens is 3. The fourth-order valence-electron chi connectivity index (χ4n) is 5.18. The fraction of sp³-hybridized carbons (Fsp3) is 0.379. The van der Waals surface area contributed by atoms with Gasteiger partial charge in [0, 0.05) is 44.1 Å². The molecule has 5 rings (SSSR count). The van der Waals surface area contributed by atoms with E-state index >= 15 is 0 Å². The zero-order valence-electron chi connectivity index (χ0n) is 21.8. The number of hydrogen-bond donors (Lipinski definition) is 4. The van der Waals surface area contributed by atoms with Crippen molar-refractivity contribution >= 4 is 22.4 Å². The summed E-state index contributed by atoms with van der Waals surface area (Å²) in [5, 5.41) is 13.4. The van der Waals surface area contributed by atoms with Crippen molar-refractivity contribution in [2.45, 2.75) is 39.3 Å². The summed E-state index contributed by atoms with van der Waals surface area (Å²) in [6.07, 6.45) is 2.25. The van der Waals surface area contributed by atoms with Crippen LogP contribution in [0.2, 0.25) is 0 Å². The molecule has 0 spiro atoms. The van der Waals surface area contributed by atoms with Crippen molar-refractivity contribution in [3.8, 4) is 11.4 Å². The maximum Gasteiger partial charge on any atom is 0.261 e. The molecule has 8 nitrogen and oxygen atoms in total. The van der Waals surface area contributed by atoms with Gasteiger partial charge >= 0.3 is 0 Å². The van der Waals surface area contributed by atoms with E-state index in [0.717, 1.165) is 48.3 Å². The molecule has 0 aliphatic carbocycles. The van der Waals surface area contributed by atoms with E-state index in [2.05, 4.69) is 58.0 Å². The molecule has 1 aliphatic heterocycles. The highest BCUT2D eigenvalue weighted by molar-refractivity contribution is 5.87. The Kier molecular flexibility index (Phi) is 7.30. The number of rotatable bonds is 8. The number of aliphatic hydroxyl groups excluding tert-OH is 1. The lowest BCUT2D eigenvalue weighted by atomic mass is 10.1. The van der Waals surface area contributed by atoms with Crippen molar-refractivity contribution < 1.29 is 5.11 Å². The number of aliphatic hydroxyl groups is 1. The van der Waals surface area contributed by atoms with Gasteiger partial charge in [-0.15, -0.1) is 0 Å². The second-order valence-electron chi connectivity index (χ2n) is 10.2. The number of piperazine rings is 1. The lowest BCUT2D eigenvalue weighted by Crippen LogP contribution is -2.48. The number of nitrogens with zero attached hydrogens (tertiary/aromatic N) is 3.